The van der Waals surface area contributed by atoms with E-state index in [1.54, 1.807) is 13.3 Å². The second kappa shape index (κ2) is 4.79. The van der Waals surface area contributed by atoms with Gasteiger partial charge < -0.3 is 10.3 Å². The van der Waals surface area contributed by atoms with E-state index < -0.39 is 0 Å². The van der Waals surface area contributed by atoms with Crippen LogP contribution in [0.15, 0.2) is 16.8 Å². The highest BCUT2D eigenvalue weighted by Crippen LogP contribution is 2.12. The fourth-order valence-electron chi connectivity index (χ4n) is 1.49. The Morgan fingerprint density at radius 1 is 1.71 bits per heavy atom. The number of nitrogens with one attached hydrogen (secondary N) is 1. The SMILES string of the molecule is CN/N=C\C(C)N1CCC=C(C)C1=O. The predicted octanol–water partition coefficient (Wildman–Crippen LogP) is 0.759. The molecule has 0 radical (unpaired) electrons. The summed E-state index contributed by atoms with van der Waals surface area (Å²) in [5, 5.41) is 3.92. The van der Waals surface area contributed by atoms with Crippen LogP contribution in [0, 0.1) is 0 Å². The molecular weight excluding hydrogens is 178 g/mol. The van der Waals surface area contributed by atoms with Crippen molar-refractivity contribution in [3.63, 3.8) is 0 Å². The molecule has 0 spiro atoms. The number of hydrogen-bond donors (Lipinski definition) is 1. The maximum Gasteiger partial charge on any atom is 0.249 e. The molecule has 1 heterocycles. The number of carbonyl (C=O) groups excluding carboxylic acids is 1. The van der Waals surface area contributed by atoms with Crippen molar-refractivity contribution in [2.24, 2.45) is 5.10 Å². The molecule has 1 aliphatic rings. The van der Waals surface area contributed by atoms with Crippen LogP contribution in [0.1, 0.15) is 20.3 Å². The van der Waals surface area contributed by atoms with E-state index >= 15 is 0 Å². The summed E-state index contributed by atoms with van der Waals surface area (Å²) < 4.78 is 0. The zero-order valence-electron chi connectivity index (χ0n) is 8.95. The average Bonchev–Trinajstić information content (AvgIpc) is 2.18. The monoisotopic (exact) mass is 195 g/mol. The van der Waals surface area contributed by atoms with Gasteiger partial charge in [-0.3, -0.25) is 4.79 Å². The average molecular weight is 195 g/mol. The fraction of sp³-hybridized carbons (Fsp3) is 0.600. The highest BCUT2D eigenvalue weighted by Gasteiger charge is 2.22. The van der Waals surface area contributed by atoms with E-state index in [0.29, 0.717) is 0 Å². The van der Waals surface area contributed by atoms with Gasteiger partial charge in [0.1, 0.15) is 0 Å². The van der Waals surface area contributed by atoms with Crippen LogP contribution >= 0.6 is 0 Å². The van der Waals surface area contributed by atoms with E-state index in [4.69, 9.17) is 0 Å². The minimum atomic E-state index is 0.0543. The second-order valence-corrected chi connectivity index (χ2v) is 3.42. The lowest BCUT2D eigenvalue weighted by molar-refractivity contribution is -0.128. The van der Waals surface area contributed by atoms with Crippen molar-refractivity contribution in [2.75, 3.05) is 13.6 Å². The van der Waals surface area contributed by atoms with Gasteiger partial charge >= 0.3 is 0 Å². The zero-order chi connectivity index (χ0) is 10.6. The molecule has 1 amide bonds. The molecule has 0 aromatic rings. The number of hydrazone groups is 1. The minimum Gasteiger partial charge on any atom is -0.331 e. The largest absolute Gasteiger partial charge is 0.331 e. The Kier molecular flexibility index (Phi) is 3.68. The molecule has 78 valence electrons. The van der Waals surface area contributed by atoms with Gasteiger partial charge in [0.05, 0.1) is 6.04 Å². The summed E-state index contributed by atoms with van der Waals surface area (Å²) in [4.78, 5) is 13.5. The molecule has 1 aliphatic heterocycles. The summed E-state index contributed by atoms with van der Waals surface area (Å²) in [6.07, 6.45) is 4.67. The van der Waals surface area contributed by atoms with Crippen LogP contribution < -0.4 is 5.43 Å². The number of nitrogens with zero attached hydrogens (tertiary/aromatic N) is 2. The molecule has 0 fully saturated rings. The molecule has 0 aromatic heterocycles. The van der Waals surface area contributed by atoms with Crippen LogP contribution in [-0.4, -0.2) is 36.7 Å². The Morgan fingerprint density at radius 3 is 3.07 bits per heavy atom. The van der Waals surface area contributed by atoms with E-state index in [2.05, 4.69) is 10.5 Å². The molecule has 0 aromatic carbocycles. The van der Waals surface area contributed by atoms with Gasteiger partial charge in [-0.15, -0.1) is 0 Å². The Balaban J connectivity index is 2.65. The Labute approximate surface area is 84.7 Å². The van der Waals surface area contributed by atoms with Crippen LogP contribution in [0.5, 0.6) is 0 Å². The molecular formula is C10H17N3O. The topological polar surface area (TPSA) is 44.7 Å². The summed E-state index contributed by atoms with van der Waals surface area (Å²) in [6, 6.07) is 0.0543. The van der Waals surface area contributed by atoms with Crippen molar-refractivity contribution >= 4 is 12.1 Å². The summed E-state index contributed by atoms with van der Waals surface area (Å²) in [5.41, 5.74) is 3.51. The molecule has 1 rings (SSSR count). The third-order valence-corrected chi connectivity index (χ3v) is 2.33. The highest BCUT2D eigenvalue weighted by atomic mass is 16.2. The van der Waals surface area contributed by atoms with Crippen molar-refractivity contribution in [3.05, 3.63) is 11.6 Å². The van der Waals surface area contributed by atoms with Crippen molar-refractivity contribution in [1.82, 2.24) is 10.3 Å². The lowest BCUT2D eigenvalue weighted by Crippen LogP contribution is -2.42. The lowest BCUT2D eigenvalue weighted by atomic mass is 10.1. The minimum absolute atomic E-state index is 0.0543. The van der Waals surface area contributed by atoms with Gasteiger partial charge in [0.25, 0.3) is 0 Å². The maximum absolute atomic E-state index is 11.7. The van der Waals surface area contributed by atoms with Gasteiger partial charge in [-0.1, -0.05) is 6.08 Å². The summed E-state index contributed by atoms with van der Waals surface area (Å²) in [5.74, 6) is 0.117. The van der Waals surface area contributed by atoms with Gasteiger partial charge in [-0.2, -0.15) is 5.10 Å². The molecule has 1 atom stereocenters. The number of rotatable bonds is 3. The van der Waals surface area contributed by atoms with Crippen molar-refractivity contribution in [2.45, 2.75) is 26.3 Å². The van der Waals surface area contributed by atoms with Crippen LogP contribution in [-0.2, 0) is 4.79 Å². The fourth-order valence-corrected chi connectivity index (χ4v) is 1.49. The molecule has 0 aliphatic carbocycles. The standard InChI is InChI=1S/C10H17N3O/c1-8-5-4-6-13(10(8)14)9(2)7-12-11-3/h5,7,9,11H,4,6H2,1-3H3/b12-7-. The molecule has 1 unspecified atom stereocenters. The van der Waals surface area contributed by atoms with Crippen LogP contribution in [0.4, 0.5) is 0 Å². The van der Waals surface area contributed by atoms with Gasteiger partial charge in [-0.25, -0.2) is 0 Å². The summed E-state index contributed by atoms with van der Waals surface area (Å²) >= 11 is 0. The first-order valence-corrected chi connectivity index (χ1v) is 4.84. The Morgan fingerprint density at radius 2 is 2.43 bits per heavy atom. The first kappa shape index (κ1) is 10.8. The van der Waals surface area contributed by atoms with E-state index in [9.17, 15) is 4.79 Å². The Hall–Kier alpha value is -1.32. The summed E-state index contributed by atoms with van der Waals surface area (Å²) in [6.45, 7) is 4.61. The third kappa shape index (κ3) is 2.34. The molecule has 0 saturated heterocycles. The molecule has 4 nitrogen and oxygen atoms in total. The molecule has 0 bridgehead atoms. The molecule has 0 saturated carbocycles. The predicted molar refractivity (Wildman–Crippen MR) is 57.1 cm³/mol. The number of hydrogen-bond acceptors (Lipinski definition) is 3. The van der Waals surface area contributed by atoms with Crippen LogP contribution in [0.3, 0.4) is 0 Å². The second-order valence-electron chi connectivity index (χ2n) is 3.42. The van der Waals surface area contributed by atoms with Gasteiger partial charge in [0.15, 0.2) is 0 Å². The number of amides is 1. The van der Waals surface area contributed by atoms with Gasteiger partial charge in [0, 0.05) is 25.4 Å². The van der Waals surface area contributed by atoms with Crippen molar-refractivity contribution in [1.29, 1.82) is 0 Å². The van der Waals surface area contributed by atoms with Crippen molar-refractivity contribution < 1.29 is 4.79 Å². The normalized spacial score (nSPS) is 19.8. The summed E-state index contributed by atoms with van der Waals surface area (Å²) in [7, 11) is 1.74. The van der Waals surface area contributed by atoms with Crippen LogP contribution in [0.25, 0.3) is 0 Å². The quantitative estimate of drug-likeness (QED) is 0.533. The Bertz CT molecular complexity index is 271. The van der Waals surface area contributed by atoms with Gasteiger partial charge in [0.2, 0.25) is 5.91 Å². The van der Waals surface area contributed by atoms with Crippen molar-refractivity contribution in [3.8, 4) is 0 Å². The number of carbonyl (C=O) groups is 1. The lowest BCUT2D eigenvalue weighted by Gasteiger charge is -2.29. The zero-order valence-corrected chi connectivity index (χ0v) is 8.95. The van der Waals surface area contributed by atoms with Crippen LogP contribution in [0.2, 0.25) is 0 Å². The smallest absolute Gasteiger partial charge is 0.249 e. The molecule has 4 heteroatoms. The molecule has 14 heavy (non-hydrogen) atoms. The van der Waals surface area contributed by atoms with E-state index in [-0.39, 0.29) is 11.9 Å². The third-order valence-electron chi connectivity index (χ3n) is 2.33. The van der Waals surface area contributed by atoms with E-state index in [1.165, 1.54) is 0 Å². The highest BCUT2D eigenvalue weighted by molar-refractivity contribution is 5.95. The van der Waals surface area contributed by atoms with E-state index in [1.807, 2.05) is 24.8 Å². The maximum atomic E-state index is 11.7. The first-order valence-electron chi connectivity index (χ1n) is 4.84. The van der Waals surface area contributed by atoms with Gasteiger partial charge in [-0.05, 0) is 20.3 Å². The molecule has 1 N–H and O–H groups in total. The first-order chi connectivity index (χ1) is 6.66. The van der Waals surface area contributed by atoms with E-state index in [0.717, 1.165) is 18.5 Å².